The normalized spacial score (nSPS) is 11.5. The van der Waals surface area contributed by atoms with Gasteiger partial charge in [0.25, 0.3) is 0 Å². The quantitative estimate of drug-likeness (QED) is 0.178. The van der Waals surface area contributed by atoms with Gasteiger partial charge in [-0.25, -0.2) is 0 Å². The van der Waals surface area contributed by atoms with Crippen LogP contribution in [0.5, 0.6) is 0 Å². The molecule has 8 aromatic carbocycles. The van der Waals surface area contributed by atoms with Crippen LogP contribution in [0.3, 0.4) is 0 Å². The van der Waals surface area contributed by atoms with E-state index >= 15 is 0 Å². The van der Waals surface area contributed by atoms with E-state index in [1.54, 1.807) is 0 Å². The smallest absolute Gasteiger partial charge is 0.135 e. The molecule has 0 spiro atoms. The fraction of sp³-hybridized carbons (Fsp3) is 0. The van der Waals surface area contributed by atoms with Crippen molar-refractivity contribution < 1.29 is 4.42 Å². The first-order valence-corrected chi connectivity index (χ1v) is 17.4. The van der Waals surface area contributed by atoms with Gasteiger partial charge in [-0.1, -0.05) is 133 Å². The summed E-state index contributed by atoms with van der Waals surface area (Å²) in [6.45, 7) is 0. The summed E-state index contributed by atoms with van der Waals surface area (Å²) < 4.78 is 8.63. The van der Waals surface area contributed by atoms with Crippen molar-refractivity contribution >= 4 is 60.8 Å². The zero-order valence-corrected chi connectivity index (χ0v) is 27.8. The third kappa shape index (κ3) is 4.74. The highest BCUT2D eigenvalue weighted by molar-refractivity contribution is 6.17. The van der Waals surface area contributed by atoms with Gasteiger partial charge in [-0.05, 0) is 71.8 Å². The molecule has 3 nitrogen and oxygen atoms in total. The van der Waals surface area contributed by atoms with E-state index in [4.69, 9.17) is 4.42 Å². The lowest BCUT2D eigenvalue weighted by Gasteiger charge is -2.30. The van der Waals surface area contributed by atoms with Gasteiger partial charge in [0, 0.05) is 38.4 Å². The molecule has 10 aromatic rings. The van der Waals surface area contributed by atoms with Crippen molar-refractivity contribution in [1.29, 1.82) is 0 Å². The standard InChI is InChI=1S/C48H32N2O/c1-3-16-33(17-4-1)36-20-7-11-24-41(36)50(42-25-12-8-21-37(42)34-30-31-47-40(32-34)38-22-10-14-29-46(38)51-47)45-28-15-27-44-48(45)39-23-9-13-26-43(39)49(44)35-18-5-2-6-19-35/h1-32H. The first-order valence-electron chi connectivity index (χ1n) is 17.4. The Bertz CT molecular complexity index is 2860. The summed E-state index contributed by atoms with van der Waals surface area (Å²) in [5.41, 5.74) is 13.2. The molecule has 3 heteroatoms. The molecule has 0 N–H and O–H groups in total. The largest absolute Gasteiger partial charge is 0.456 e. The van der Waals surface area contributed by atoms with Crippen molar-refractivity contribution in [3.05, 3.63) is 194 Å². The van der Waals surface area contributed by atoms with Gasteiger partial charge in [-0.2, -0.15) is 0 Å². The molecule has 0 atom stereocenters. The molecule has 0 unspecified atom stereocenters. The minimum Gasteiger partial charge on any atom is -0.456 e. The van der Waals surface area contributed by atoms with Crippen LogP contribution in [-0.4, -0.2) is 4.57 Å². The van der Waals surface area contributed by atoms with Gasteiger partial charge in [-0.3, -0.25) is 0 Å². The number of rotatable bonds is 6. The molecule has 0 aliphatic heterocycles. The van der Waals surface area contributed by atoms with Crippen molar-refractivity contribution in [3.63, 3.8) is 0 Å². The first kappa shape index (κ1) is 29.1. The highest BCUT2D eigenvalue weighted by Gasteiger charge is 2.25. The molecule has 0 fully saturated rings. The first-order chi connectivity index (χ1) is 25.3. The Kier molecular flexibility index (Phi) is 6.81. The molecule has 0 bridgehead atoms. The van der Waals surface area contributed by atoms with E-state index < -0.39 is 0 Å². The average molecular weight is 653 g/mol. The van der Waals surface area contributed by atoms with Crippen LogP contribution in [0.2, 0.25) is 0 Å². The Morgan fingerprint density at radius 2 is 0.941 bits per heavy atom. The molecule has 51 heavy (non-hydrogen) atoms. The zero-order chi connectivity index (χ0) is 33.7. The van der Waals surface area contributed by atoms with E-state index in [1.807, 2.05) is 12.1 Å². The SMILES string of the molecule is c1ccc(-c2ccccc2N(c2ccccc2-c2ccc3oc4ccccc4c3c2)c2cccc3c2c2ccccc2n3-c2ccccc2)cc1. The molecule has 0 saturated heterocycles. The van der Waals surface area contributed by atoms with Gasteiger partial charge in [0.05, 0.1) is 28.1 Å². The number of aromatic nitrogens is 1. The van der Waals surface area contributed by atoms with Gasteiger partial charge in [0.15, 0.2) is 0 Å². The lowest BCUT2D eigenvalue weighted by atomic mass is 9.97. The van der Waals surface area contributed by atoms with Crippen LogP contribution in [-0.2, 0) is 0 Å². The van der Waals surface area contributed by atoms with Crippen molar-refractivity contribution in [2.75, 3.05) is 4.90 Å². The number of fused-ring (bicyclic) bond motifs is 6. The summed E-state index contributed by atoms with van der Waals surface area (Å²) in [5.74, 6) is 0. The van der Waals surface area contributed by atoms with Crippen LogP contribution >= 0.6 is 0 Å². The summed E-state index contributed by atoms with van der Waals surface area (Å²) in [6.07, 6.45) is 0. The maximum atomic E-state index is 6.24. The predicted octanol–water partition coefficient (Wildman–Crippen LogP) is 13.5. The maximum absolute atomic E-state index is 6.24. The summed E-state index contributed by atoms with van der Waals surface area (Å²) in [5, 5.41) is 4.64. The fourth-order valence-electron chi connectivity index (χ4n) is 7.77. The van der Waals surface area contributed by atoms with Gasteiger partial charge in [-0.15, -0.1) is 0 Å². The number of furan rings is 1. The van der Waals surface area contributed by atoms with Crippen LogP contribution in [0.15, 0.2) is 199 Å². The highest BCUT2D eigenvalue weighted by Crippen LogP contribution is 2.49. The third-order valence-electron chi connectivity index (χ3n) is 9.99. The molecule has 0 aliphatic carbocycles. The van der Waals surface area contributed by atoms with Gasteiger partial charge < -0.3 is 13.9 Å². The van der Waals surface area contributed by atoms with E-state index in [0.29, 0.717) is 0 Å². The van der Waals surface area contributed by atoms with Gasteiger partial charge in [0.1, 0.15) is 11.2 Å². The van der Waals surface area contributed by atoms with Gasteiger partial charge in [0.2, 0.25) is 0 Å². The summed E-state index contributed by atoms with van der Waals surface area (Å²) in [7, 11) is 0. The monoisotopic (exact) mass is 652 g/mol. The molecule has 0 radical (unpaired) electrons. The van der Waals surface area contributed by atoms with Crippen molar-refractivity contribution in [3.8, 4) is 27.9 Å². The van der Waals surface area contributed by atoms with Crippen LogP contribution < -0.4 is 4.90 Å². The molecule has 2 heterocycles. The Hall–Kier alpha value is -6.84. The number of hydrogen-bond acceptors (Lipinski definition) is 2. The van der Waals surface area contributed by atoms with Crippen LogP contribution in [0, 0.1) is 0 Å². The second-order valence-corrected chi connectivity index (χ2v) is 12.9. The topological polar surface area (TPSA) is 21.3 Å². The highest BCUT2D eigenvalue weighted by atomic mass is 16.3. The number of benzene rings is 8. The molecule has 240 valence electrons. The number of para-hydroxylation sites is 5. The summed E-state index contributed by atoms with van der Waals surface area (Å²) >= 11 is 0. The number of nitrogens with zero attached hydrogens (tertiary/aromatic N) is 2. The van der Waals surface area contributed by atoms with Crippen LogP contribution in [0.1, 0.15) is 0 Å². The third-order valence-corrected chi connectivity index (χ3v) is 9.99. The molecule has 2 aromatic heterocycles. The minimum atomic E-state index is 0.891. The molecular formula is C48H32N2O. The van der Waals surface area contributed by atoms with Gasteiger partial charge >= 0.3 is 0 Å². The van der Waals surface area contributed by atoms with E-state index in [1.165, 1.54) is 21.9 Å². The van der Waals surface area contributed by atoms with E-state index in [0.717, 1.165) is 66.9 Å². The molecule has 0 amide bonds. The number of hydrogen-bond donors (Lipinski definition) is 0. The fourth-order valence-corrected chi connectivity index (χ4v) is 7.77. The summed E-state index contributed by atoms with van der Waals surface area (Å²) in [6, 6.07) is 69.3. The molecular weight excluding hydrogens is 621 g/mol. The maximum Gasteiger partial charge on any atom is 0.135 e. The van der Waals surface area contributed by atoms with Crippen molar-refractivity contribution in [1.82, 2.24) is 4.57 Å². The summed E-state index contributed by atoms with van der Waals surface area (Å²) in [4.78, 5) is 2.47. The number of anilines is 3. The second kappa shape index (κ2) is 11.9. The van der Waals surface area contributed by atoms with Crippen LogP contribution in [0.25, 0.3) is 71.7 Å². The zero-order valence-electron chi connectivity index (χ0n) is 27.8. The Balaban J connectivity index is 1.29. The lowest BCUT2D eigenvalue weighted by molar-refractivity contribution is 0.669. The predicted molar refractivity (Wildman–Crippen MR) is 214 cm³/mol. The molecule has 0 saturated carbocycles. The average Bonchev–Trinajstić information content (AvgIpc) is 3.75. The lowest BCUT2D eigenvalue weighted by Crippen LogP contribution is -2.13. The van der Waals surface area contributed by atoms with Crippen molar-refractivity contribution in [2.45, 2.75) is 0 Å². The van der Waals surface area contributed by atoms with E-state index in [2.05, 4.69) is 191 Å². The Morgan fingerprint density at radius 3 is 1.73 bits per heavy atom. The Morgan fingerprint density at radius 1 is 0.373 bits per heavy atom. The second-order valence-electron chi connectivity index (χ2n) is 12.9. The van der Waals surface area contributed by atoms with E-state index in [-0.39, 0.29) is 0 Å². The van der Waals surface area contributed by atoms with Crippen molar-refractivity contribution in [2.24, 2.45) is 0 Å². The molecule has 0 aliphatic rings. The minimum absolute atomic E-state index is 0.891. The molecule has 10 rings (SSSR count). The van der Waals surface area contributed by atoms with Crippen LogP contribution in [0.4, 0.5) is 17.1 Å². The Labute approximate surface area is 295 Å². The van der Waals surface area contributed by atoms with E-state index in [9.17, 15) is 0 Å².